The Morgan fingerprint density at radius 2 is 1.39 bits per heavy atom. The zero-order chi connectivity index (χ0) is 13.0. The summed E-state index contributed by atoms with van der Waals surface area (Å²) < 4.78 is 12.6. The van der Waals surface area contributed by atoms with E-state index in [1.807, 2.05) is 38.1 Å². The van der Waals surface area contributed by atoms with E-state index in [0.29, 0.717) is 10.1 Å². The summed E-state index contributed by atoms with van der Waals surface area (Å²) in [6.07, 6.45) is 5.01. The number of rotatable bonds is 4. The molecule has 2 aromatic heterocycles. The average molecular weight is 260 g/mol. The summed E-state index contributed by atoms with van der Waals surface area (Å²) in [5, 5.41) is 1.27. The van der Waals surface area contributed by atoms with E-state index >= 15 is 0 Å². The monoisotopic (exact) mass is 260 g/mol. The quantitative estimate of drug-likeness (QED) is 0.794. The lowest BCUT2D eigenvalue weighted by Gasteiger charge is -2.12. The fraction of sp³-hybridized carbons (Fsp3) is 0.286. The van der Waals surface area contributed by atoms with Crippen molar-refractivity contribution in [1.82, 2.24) is 9.97 Å². The van der Waals surface area contributed by atoms with Gasteiger partial charge in [-0.05, 0) is 25.0 Å². The summed E-state index contributed by atoms with van der Waals surface area (Å²) in [6, 6.07) is 7.68. The molecule has 0 fully saturated rings. The van der Waals surface area contributed by atoms with E-state index < -0.39 is 11.2 Å². The Bertz CT molecular complexity index is 483. The maximum atomic E-state index is 12.6. The largest absolute Gasteiger partial charge is 0.604 e. The van der Waals surface area contributed by atoms with E-state index in [1.165, 1.54) is 0 Å². The summed E-state index contributed by atoms with van der Waals surface area (Å²) in [5.74, 6) is 0. The van der Waals surface area contributed by atoms with Crippen molar-refractivity contribution in [3.05, 3.63) is 47.8 Å². The Morgan fingerprint density at radius 3 is 1.78 bits per heavy atom. The fourth-order valence-electron chi connectivity index (χ4n) is 1.81. The molecule has 0 aromatic carbocycles. The molecule has 2 rings (SSSR count). The Balaban J connectivity index is 2.44. The van der Waals surface area contributed by atoms with Gasteiger partial charge in [-0.2, -0.15) is 0 Å². The standard InChI is InChI=1S/C14H16N2OS/c1-3-11-7-5-9-15-13(11)18(17)14-12(4-2)8-6-10-16-14/h5-10H,3-4H2,1-2H3. The van der Waals surface area contributed by atoms with Crippen LogP contribution in [0.1, 0.15) is 25.0 Å². The molecule has 0 aliphatic heterocycles. The summed E-state index contributed by atoms with van der Waals surface area (Å²) in [6.45, 7) is 4.08. The highest BCUT2D eigenvalue weighted by atomic mass is 32.2. The highest BCUT2D eigenvalue weighted by Crippen LogP contribution is 2.23. The van der Waals surface area contributed by atoms with Crippen molar-refractivity contribution < 1.29 is 4.55 Å². The Labute approximate surface area is 110 Å². The van der Waals surface area contributed by atoms with Gasteiger partial charge in [-0.3, -0.25) is 0 Å². The van der Waals surface area contributed by atoms with Gasteiger partial charge in [0.2, 0.25) is 0 Å². The van der Waals surface area contributed by atoms with Gasteiger partial charge in [0.15, 0.2) is 0 Å². The number of aromatic nitrogens is 2. The van der Waals surface area contributed by atoms with Crippen molar-refractivity contribution in [2.75, 3.05) is 0 Å². The number of aryl methyl sites for hydroxylation is 2. The molecule has 0 unspecified atom stereocenters. The van der Waals surface area contributed by atoms with E-state index in [0.717, 1.165) is 24.0 Å². The molecule has 0 saturated heterocycles. The molecule has 0 bridgehead atoms. The van der Waals surface area contributed by atoms with Crippen LogP contribution in [-0.4, -0.2) is 14.5 Å². The third-order valence-electron chi connectivity index (χ3n) is 2.81. The number of hydrogen-bond acceptors (Lipinski definition) is 3. The molecule has 0 saturated carbocycles. The maximum absolute atomic E-state index is 12.6. The zero-order valence-electron chi connectivity index (χ0n) is 10.6. The molecule has 2 aromatic rings. The summed E-state index contributed by atoms with van der Waals surface area (Å²) in [7, 11) is 0. The predicted molar refractivity (Wildman–Crippen MR) is 71.9 cm³/mol. The molecule has 2 heterocycles. The van der Waals surface area contributed by atoms with Gasteiger partial charge in [0.25, 0.3) is 10.1 Å². The summed E-state index contributed by atoms with van der Waals surface area (Å²) in [4.78, 5) is 8.52. The molecule has 0 amide bonds. The van der Waals surface area contributed by atoms with E-state index in [1.54, 1.807) is 12.4 Å². The Hall–Kier alpha value is -1.39. The van der Waals surface area contributed by atoms with Crippen molar-refractivity contribution in [2.45, 2.75) is 36.7 Å². The lowest BCUT2D eigenvalue weighted by atomic mass is 10.2. The number of pyridine rings is 2. The smallest absolute Gasteiger partial charge is 0.255 e. The van der Waals surface area contributed by atoms with Crippen LogP contribution in [-0.2, 0) is 24.0 Å². The molecule has 3 nitrogen and oxygen atoms in total. The first-order valence-corrected chi connectivity index (χ1v) is 7.22. The van der Waals surface area contributed by atoms with Gasteiger partial charge >= 0.3 is 0 Å². The Morgan fingerprint density at radius 1 is 0.944 bits per heavy atom. The first kappa shape index (κ1) is 13.1. The molecule has 0 radical (unpaired) electrons. The lowest BCUT2D eigenvalue weighted by Crippen LogP contribution is -2.11. The van der Waals surface area contributed by atoms with Gasteiger partial charge in [0.1, 0.15) is 0 Å². The van der Waals surface area contributed by atoms with Crippen molar-refractivity contribution in [2.24, 2.45) is 0 Å². The molecular weight excluding hydrogens is 244 g/mol. The van der Waals surface area contributed by atoms with Crippen LogP contribution in [0.4, 0.5) is 0 Å². The van der Waals surface area contributed by atoms with Crippen LogP contribution in [0.15, 0.2) is 46.7 Å². The SMILES string of the molecule is CCc1cccnc1[S+]([O-])c1ncccc1CC. The molecule has 18 heavy (non-hydrogen) atoms. The maximum Gasteiger partial charge on any atom is 0.255 e. The second-order valence-corrected chi connectivity index (χ2v) is 5.22. The van der Waals surface area contributed by atoms with E-state index in [4.69, 9.17) is 0 Å². The minimum absolute atomic E-state index is 0.633. The lowest BCUT2D eigenvalue weighted by molar-refractivity contribution is 0.584. The van der Waals surface area contributed by atoms with Gasteiger partial charge in [-0.1, -0.05) is 26.0 Å². The molecule has 0 aliphatic carbocycles. The van der Waals surface area contributed by atoms with Gasteiger partial charge in [0.05, 0.1) is 11.2 Å². The molecule has 4 heteroatoms. The van der Waals surface area contributed by atoms with Crippen molar-refractivity contribution in [3.8, 4) is 0 Å². The normalized spacial score (nSPS) is 10.9. The van der Waals surface area contributed by atoms with Crippen LogP contribution in [0.5, 0.6) is 0 Å². The van der Waals surface area contributed by atoms with Gasteiger partial charge in [-0.25, -0.2) is 9.97 Å². The summed E-state index contributed by atoms with van der Waals surface area (Å²) >= 11 is -1.29. The van der Waals surface area contributed by atoms with Crippen molar-refractivity contribution in [3.63, 3.8) is 0 Å². The fourth-order valence-corrected chi connectivity index (χ4v) is 3.21. The van der Waals surface area contributed by atoms with Crippen molar-refractivity contribution >= 4 is 11.2 Å². The Kier molecular flexibility index (Phi) is 4.33. The molecule has 0 N–H and O–H groups in total. The highest BCUT2D eigenvalue weighted by molar-refractivity contribution is 7.91. The molecule has 0 spiro atoms. The van der Waals surface area contributed by atoms with Crippen LogP contribution < -0.4 is 0 Å². The molecule has 0 atom stereocenters. The van der Waals surface area contributed by atoms with Gasteiger partial charge in [-0.15, -0.1) is 0 Å². The predicted octanol–water partition coefficient (Wildman–Crippen LogP) is 2.77. The first-order valence-electron chi connectivity index (χ1n) is 6.07. The van der Waals surface area contributed by atoms with Crippen LogP contribution in [0.25, 0.3) is 0 Å². The molecule has 0 aliphatic rings. The van der Waals surface area contributed by atoms with Crippen molar-refractivity contribution in [1.29, 1.82) is 0 Å². The third kappa shape index (κ3) is 2.54. The van der Waals surface area contributed by atoms with Gasteiger partial charge < -0.3 is 4.55 Å². The minimum atomic E-state index is -1.29. The first-order chi connectivity index (χ1) is 8.77. The molecule has 94 valence electrons. The van der Waals surface area contributed by atoms with Crippen LogP contribution in [0.2, 0.25) is 0 Å². The average Bonchev–Trinajstić information content (AvgIpc) is 2.46. The third-order valence-corrected chi connectivity index (χ3v) is 4.25. The second-order valence-electron chi connectivity index (χ2n) is 3.91. The molecular formula is C14H16N2OS. The second kappa shape index (κ2) is 5.98. The highest BCUT2D eigenvalue weighted by Gasteiger charge is 2.23. The topological polar surface area (TPSA) is 48.8 Å². The zero-order valence-corrected chi connectivity index (χ0v) is 11.4. The van der Waals surface area contributed by atoms with Crippen LogP contribution in [0.3, 0.4) is 0 Å². The minimum Gasteiger partial charge on any atom is -0.604 e. The van der Waals surface area contributed by atoms with E-state index in [2.05, 4.69) is 9.97 Å². The summed E-state index contributed by atoms with van der Waals surface area (Å²) in [5.41, 5.74) is 2.03. The van der Waals surface area contributed by atoms with E-state index in [9.17, 15) is 4.55 Å². The van der Waals surface area contributed by atoms with Crippen LogP contribution >= 0.6 is 0 Å². The number of nitrogens with zero attached hydrogens (tertiary/aromatic N) is 2. The van der Waals surface area contributed by atoms with Gasteiger partial charge in [0, 0.05) is 23.5 Å². The number of hydrogen-bond donors (Lipinski definition) is 0. The van der Waals surface area contributed by atoms with E-state index in [-0.39, 0.29) is 0 Å². The van der Waals surface area contributed by atoms with Crippen LogP contribution in [0, 0.1) is 0 Å².